The highest BCUT2D eigenvalue weighted by molar-refractivity contribution is 9.10. The highest BCUT2D eigenvalue weighted by Gasteiger charge is 2.54. The van der Waals surface area contributed by atoms with Gasteiger partial charge in [-0.15, -0.1) is 0 Å². The van der Waals surface area contributed by atoms with Crippen LogP contribution in [0.25, 0.3) is 0 Å². The van der Waals surface area contributed by atoms with Crippen molar-refractivity contribution in [3.63, 3.8) is 0 Å². The Morgan fingerprint density at radius 2 is 2.25 bits per heavy atom. The summed E-state index contributed by atoms with van der Waals surface area (Å²) >= 11 is 3.48. The van der Waals surface area contributed by atoms with E-state index < -0.39 is 5.60 Å². The molecule has 1 spiro atoms. The molecule has 0 aliphatic carbocycles. The minimum absolute atomic E-state index is 0.0912. The van der Waals surface area contributed by atoms with E-state index in [1.54, 1.807) is 0 Å². The molecule has 2 heterocycles. The molecule has 106 valence electrons. The molecular weight excluding hydrogens is 322 g/mol. The highest BCUT2D eigenvalue weighted by atomic mass is 79.9. The summed E-state index contributed by atoms with van der Waals surface area (Å²) in [5, 5.41) is 2.84. The van der Waals surface area contributed by atoms with Crippen LogP contribution in [-0.4, -0.2) is 17.8 Å². The zero-order chi connectivity index (χ0) is 14.3. The van der Waals surface area contributed by atoms with E-state index in [0.29, 0.717) is 6.42 Å². The Hall–Kier alpha value is -1.20. The number of hydrogen-bond acceptors (Lipinski definition) is 3. The van der Waals surface area contributed by atoms with Crippen LogP contribution >= 0.6 is 15.9 Å². The van der Waals surface area contributed by atoms with Crippen LogP contribution in [0.1, 0.15) is 38.2 Å². The maximum Gasteiger partial charge on any atom is 0.261 e. The molecule has 2 aliphatic heterocycles. The zero-order valence-electron chi connectivity index (χ0n) is 11.2. The number of fused-ring (bicyclic) bond motifs is 2. The lowest BCUT2D eigenvalue weighted by Crippen LogP contribution is -2.47. The third-order valence-electron chi connectivity index (χ3n) is 3.91. The van der Waals surface area contributed by atoms with Gasteiger partial charge in [-0.1, -0.05) is 35.3 Å². The van der Waals surface area contributed by atoms with Gasteiger partial charge in [0.05, 0.1) is 6.10 Å². The van der Waals surface area contributed by atoms with Crippen molar-refractivity contribution in [2.45, 2.75) is 44.3 Å². The average molecular weight is 338 g/mol. The lowest BCUT2D eigenvalue weighted by molar-refractivity contribution is -0.170. The van der Waals surface area contributed by atoms with Crippen molar-refractivity contribution >= 4 is 33.3 Å². The van der Waals surface area contributed by atoms with E-state index in [0.717, 1.165) is 28.6 Å². The minimum atomic E-state index is -1.15. The van der Waals surface area contributed by atoms with E-state index in [-0.39, 0.29) is 24.2 Å². The number of ketones is 1. The summed E-state index contributed by atoms with van der Waals surface area (Å²) in [7, 11) is 0. The predicted octanol–water partition coefficient (Wildman–Crippen LogP) is 3.14. The van der Waals surface area contributed by atoms with Crippen molar-refractivity contribution in [3.8, 4) is 0 Å². The molecular formula is C15H16BrNO3. The highest BCUT2D eigenvalue weighted by Crippen LogP contribution is 2.48. The normalized spacial score (nSPS) is 28.6. The summed E-state index contributed by atoms with van der Waals surface area (Å²) in [5.41, 5.74) is 0.346. The first-order valence-corrected chi connectivity index (χ1v) is 7.66. The number of carbonyl (C=O) groups is 2. The molecule has 20 heavy (non-hydrogen) atoms. The Kier molecular flexibility index (Phi) is 3.42. The summed E-state index contributed by atoms with van der Waals surface area (Å²) < 4.78 is 6.91. The molecule has 2 aliphatic rings. The van der Waals surface area contributed by atoms with Gasteiger partial charge in [-0.2, -0.15) is 0 Å². The van der Waals surface area contributed by atoms with Crippen molar-refractivity contribution in [2.75, 3.05) is 5.32 Å². The van der Waals surface area contributed by atoms with E-state index in [9.17, 15) is 9.59 Å². The molecule has 5 heteroatoms. The molecule has 1 fully saturated rings. The molecule has 2 atom stereocenters. The molecule has 1 saturated heterocycles. The summed E-state index contributed by atoms with van der Waals surface area (Å²) in [6.45, 7) is 2.05. The number of rotatable bonds is 2. The molecule has 1 aromatic rings. The van der Waals surface area contributed by atoms with Gasteiger partial charge in [0.1, 0.15) is 5.78 Å². The van der Waals surface area contributed by atoms with Gasteiger partial charge >= 0.3 is 0 Å². The Balaban J connectivity index is 2.07. The van der Waals surface area contributed by atoms with Crippen LogP contribution in [0.3, 0.4) is 0 Å². The van der Waals surface area contributed by atoms with Gasteiger partial charge in [-0.3, -0.25) is 9.59 Å². The lowest BCUT2D eigenvalue weighted by atomic mass is 9.84. The molecule has 0 radical (unpaired) electrons. The first-order valence-electron chi connectivity index (χ1n) is 6.87. The van der Waals surface area contributed by atoms with E-state index in [1.165, 1.54) is 0 Å². The number of halogens is 1. The van der Waals surface area contributed by atoms with Crippen molar-refractivity contribution in [1.29, 1.82) is 0 Å². The first kappa shape index (κ1) is 13.8. The molecule has 0 bridgehead atoms. The fraction of sp³-hybridized carbons (Fsp3) is 0.467. The fourth-order valence-electron chi connectivity index (χ4n) is 3.11. The number of benzene rings is 1. The topological polar surface area (TPSA) is 55.4 Å². The SMILES string of the molecule is CCC[C@H]1CC(=O)C[C@]2(O1)C(=O)Nc1cccc(Br)c12. The second-order valence-electron chi connectivity index (χ2n) is 5.39. The van der Waals surface area contributed by atoms with Crippen LogP contribution in [0.4, 0.5) is 5.69 Å². The van der Waals surface area contributed by atoms with Gasteiger partial charge < -0.3 is 10.1 Å². The summed E-state index contributed by atoms with van der Waals surface area (Å²) in [6.07, 6.45) is 2.07. The van der Waals surface area contributed by atoms with Crippen LogP contribution < -0.4 is 5.32 Å². The van der Waals surface area contributed by atoms with E-state index >= 15 is 0 Å². The summed E-state index contributed by atoms with van der Waals surface area (Å²) in [5.74, 6) is -0.137. The number of nitrogens with one attached hydrogen (secondary N) is 1. The van der Waals surface area contributed by atoms with Gasteiger partial charge in [-0.25, -0.2) is 0 Å². The van der Waals surface area contributed by atoms with Gasteiger partial charge in [-0.05, 0) is 18.6 Å². The average Bonchev–Trinajstić information content (AvgIpc) is 2.63. The zero-order valence-corrected chi connectivity index (χ0v) is 12.8. The van der Waals surface area contributed by atoms with Crippen LogP contribution in [0.15, 0.2) is 22.7 Å². The molecule has 0 saturated carbocycles. The second kappa shape index (κ2) is 4.97. The molecule has 1 amide bonds. The predicted molar refractivity (Wildman–Crippen MR) is 78.5 cm³/mol. The van der Waals surface area contributed by atoms with Crippen molar-refractivity contribution in [1.82, 2.24) is 0 Å². The fourth-order valence-corrected chi connectivity index (χ4v) is 3.80. The quantitative estimate of drug-likeness (QED) is 0.901. The van der Waals surface area contributed by atoms with Crippen molar-refractivity contribution in [2.24, 2.45) is 0 Å². The number of Topliss-reactive ketones (excluding diaryl/α,β-unsaturated/α-hetero) is 1. The molecule has 4 nitrogen and oxygen atoms in total. The van der Waals surface area contributed by atoms with Gasteiger partial charge in [0.2, 0.25) is 0 Å². The van der Waals surface area contributed by atoms with Crippen LogP contribution in [0.5, 0.6) is 0 Å². The smallest absolute Gasteiger partial charge is 0.261 e. The van der Waals surface area contributed by atoms with Crippen LogP contribution in [0.2, 0.25) is 0 Å². The van der Waals surface area contributed by atoms with Gasteiger partial charge in [0.25, 0.3) is 5.91 Å². The summed E-state index contributed by atoms with van der Waals surface area (Å²) in [6, 6.07) is 5.57. The largest absolute Gasteiger partial charge is 0.356 e. The number of carbonyl (C=O) groups excluding carboxylic acids is 2. The standard InChI is InChI=1S/C15H16BrNO3/c1-2-4-10-7-9(18)8-15(20-10)13-11(16)5-3-6-12(13)17-14(15)19/h3,5-6,10H,2,4,7-8H2,1H3,(H,17,19)/t10-,15+/m0/s1. The number of anilines is 1. The first-order chi connectivity index (χ1) is 9.56. The van der Waals surface area contributed by atoms with E-state index in [2.05, 4.69) is 21.2 Å². The maximum absolute atomic E-state index is 12.4. The van der Waals surface area contributed by atoms with Crippen LogP contribution in [-0.2, 0) is 19.9 Å². The molecule has 0 unspecified atom stereocenters. The van der Waals surface area contributed by atoms with E-state index in [4.69, 9.17) is 4.74 Å². The Morgan fingerprint density at radius 3 is 3.00 bits per heavy atom. The Morgan fingerprint density at radius 1 is 1.45 bits per heavy atom. The third kappa shape index (κ3) is 2.00. The van der Waals surface area contributed by atoms with Crippen LogP contribution in [0, 0.1) is 0 Å². The molecule has 1 N–H and O–H groups in total. The Labute approximate surface area is 126 Å². The van der Waals surface area contributed by atoms with Crippen molar-refractivity contribution < 1.29 is 14.3 Å². The van der Waals surface area contributed by atoms with Gasteiger partial charge in [0.15, 0.2) is 5.60 Å². The third-order valence-corrected chi connectivity index (χ3v) is 4.57. The second-order valence-corrected chi connectivity index (χ2v) is 6.25. The lowest BCUT2D eigenvalue weighted by Gasteiger charge is -2.36. The molecule has 1 aromatic carbocycles. The number of ether oxygens (including phenoxy) is 1. The Bertz CT molecular complexity index is 586. The van der Waals surface area contributed by atoms with Gasteiger partial charge in [0, 0.05) is 28.6 Å². The minimum Gasteiger partial charge on any atom is -0.356 e. The molecule has 3 rings (SSSR count). The van der Waals surface area contributed by atoms with E-state index in [1.807, 2.05) is 25.1 Å². The number of hydrogen-bond donors (Lipinski definition) is 1. The summed E-state index contributed by atoms with van der Waals surface area (Å²) in [4.78, 5) is 24.5. The maximum atomic E-state index is 12.4. The monoisotopic (exact) mass is 337 g/mol. The molecule has 0 aromatic heterocycles. The van der Waals surface area contributed by atoms with Crippen molar-refractivity contribution in [3.05, 3.63) is 28.2 Å². The number of amides is 1.